The van der Waals surface area contributed by atoms with Gasteiger partial charge in [-0.1, -0.05) is 0 Å². The molecule has 6 nitrogen and oxygen atoms in total. The molecule has 1 aromatic rings. The van der Waals surface area contributed by atoms with Crippen LogP contribution in [-0.4, -0.2) is 71.9 Å². The number of hydrogen-bond donors (Lipinski definition) is 0. The maximum absolute atomic E-state index is 12.3. The van der Waals surface area contributed by atoms with Gasteiger partial charge in [-0.25, -0.2) is 0 Å². The smallest absolute Gasteiger partial charge is 0.248 e. The van der Waals surface area contributed by atoms with Gasteiger partial charge in [-0.3, -0.25) is 9.69 Å². The number of likely N-dealkylation sites (tertiary alicyclic amines) is 1. The second kappa shape index (κ2) is 7.89. The van der Waals surface area contributed by atoms with E-state index in [9.17, 15) is 4.79 Å². The molecule has 1 unspecified atom stereocenters. The third-order valence-corrected chi connectivity index (χ3v) is 5.74. The molecule has 0 aromatic carbocycles. The Balaban J connectivity index is 1.40. The largest absolute Gasteiger partial charge is 0.381 e. The van der Waals surface area contributed by atoms with Gasteiger partial charge in [-0.2, -0.15) is 0 Å². The van der Waals surface area contributed by atoms with Crippen molar-refractivity contribution in [3.63, 3.8) is 0 Å². The van der Waals surface area contributed by atoms with E-state index in [0.717, 1.165) is 71.6 Å². The Morgan fingerprint density at radius 2 is 2.00 bits per heavy atom. The highest BCUT2D eigenvalue weighted by Gasteiger charge is 2.29. The van der Waals surface area contributed by atoms with E-state index in [1.807, 2.05) is 4.90 Å². The van der Waals surface area contributed by atoms with E-state index in [1.165, 1.54) is 5.69 Å². The van der Waals surface area contributed by atoms with Crippen molar-refractivity contribution >= 4 is 5.91 Å². The number of aromatic nitrogens is 1. The van der Waals surface area contributed by atoms with Crippen molar-refractivity contribution in [2.45, 2.75) is 50.9 Å². The predicted molar refractivity (Wildman–Crippen MR) is 94.2 cm³/mol. The summed E-state index contributed by atoms with van der Waals surface area (Å²) in [6, 6.07) is 4.86. The van der Waals surface area contributed by atoms with E-state index < -0.39 is 0 Å². The fraction of sp³-hybridized carbons (Fsp3) is 0.737. The Hall–Kier alpha value is -1.37. The third-order valence-electron chi connectivity index (χ3n) is 5.74. The lowest BCUT2D eigenvalue weighted by molar-refractivity contribution is -0.138. The van der Waals surface area contributed by atoms with Gasteiger partial charge >= 0.3 is 0 Å². The third kappa shape index (κ3) is 4.07. The minimum absolute atomic E-state index is 0.0584. The highest BCUT2D eigenvalue weighted by Crippen LogP contribution is 2.22. The summed E-state index contributed by atoms with van der Waals surface area (Å²) in [5.74, 6) is 0.145. The van der Waals surface area contributed by atoms with Gasteiger partial charge in [0.2, 0.25) is 5.91 Å². The Morgan fingerprint density at radius 3 is 2.80 bits per heavy atom. The van der Waals surface area contributed by atoms with Crippen molar-refractivity contribution in [3.8, 4) is 0 Å². The van der Waals surface area contributed by atoms with Crippen LogP contribution in [0.15, 0.2) is 18.3 Å². The van der Waals surface area contributed by atoms with Crippen LogP contribution in [0.1, 0.15) is 31.4 Å². The maximum atomic E-state index is 12.3. The van der Waals surface area contributed by atoms with E-state index in [4.69, 9.17) is 9.47 Å². The summed E-state index contributed by atoms with van der Waals surface area (Å²) in [7, 11) is 0. The molecule has 4 rings (SSSR count). The first-order valence-electron chi connectivity index (χ1n) is 9.65. The fourth-order valence-electron chi connectivity index (χ4n) is 4.26. The minimum Gasteiger partial charge on any atom is -0.381 e. The lowest BCUT2D eigenvalue weighted by Crippen LogP contribution is -2.43. The molecule has 0 radical (unpaired) electrons. The summed E-state index contributed by atoms with van der Waals surface area (Å²) >= 11 is 0. The number of rotatable bonds is 4. The molecule has 6 heteroatoms. The van der Waals surface area contributed by atoms with Gasteiger partial charge in [0.15, 0.2) is 0 Å². The molecule has 138 valence electrons. The van der Waals surface area contributed by atoms with Gasteiger partial charge in [-0.15, -0.1) is 0 Å². The van der Waals surface area contributed by atoms with Crippen molar-refractivity contribution in [1.82, 2.24) is 14.4 Å². The summed E-state index contributed by atoms with van der Waals surface area (Å²) in [6.07, 6.45) is 6.60. The first-order chi connectivity index (χ1) is 12.3. The second-order valence-electron chi connectivity index (χ2n) is 7.45. The summed E-state index contributed by atoms with van der Waals surface area (Å²) in [5.41, 5.74) is 1.34. The number of ether oxygens (including phenoxy) is 2. The highest BCUT2D eigenvalue weighted by molar-refractivity contribution is 5.77. The van der Waals surface area contributed by atoms with Crippen LogP contribution in [0, 0.1) is 0 Å². The van der Waals surface area contributed by atoms with Crippen molar-refractivity contribution in [1.29, 1.82) is 0 Å². The van der Waals surface area contributed by atoms with Gasteiger partial charge in [0.25, 0.3) is 0 Å². The maximum Gasteiger partial charge on any atom is 0.248 e. The van der Waals surface area contributed by atoms with Crippen LogP contribution in [0.2, 0.25) is 0 Å². The second-order valence-corrected chi connectivity index (χ2v) is 7.45. The molecule has 2 saturated heterocycles. The number of hydrogen-bond acceptors (Lipinski definition) is 4. The molecular formula is C19H29N3O3. The van der Waals surface area contributed by atoms with Crippen LogP contribution >= 0.6 is 0 Å². The summed E-state index contributed by atoms with van der Waals surface area (Å²) < 4.78 is 13.9. The van der Waals surface area contributed by atoms with Gasteiger partial charge < -0.3 is 18.9 Å². The molecular weight excluding hydrogens is 318 g/mol. The minimum atomic E-state index is 0.0584. The number of carbonyl (C=O) groups excluding carboxylic acids is 1. The summed E-state index contributed by atoms with van der Waals surface area (Å²) in [5, 5.41) is 0. The summed E-state index contributed by atoms with van der Waals surface area (Å²) in [6.45, 7) is 6.36. The molecule has 1 atom stereocenters. The van der Waals surface area contributed by atoms with Crippen LogP contribution in [0.3, 0.4) is 0 Å². The van der Waals surface area contributed by atoms with Crippen LogP contribution < -0.4 is 0 Å². The Bertz CT molecular complexity index is 576. The number of fused-ring (bicyclic) bond motifs is 1. The number of nitrogens with zero attached hydrogens (tertiary/aromatic N) is 3. The first-order valence-corrected chi connectivity index (χ1v) is 9.65. The normalized spacial score (nSPS) is 25.8. The van der Waals surface area contributed by atoms with Crippen LogP contribution in [0.4, 0.5) is 0 Å². The first kappa shape index (κ1) is 17.1. The zero-order valence-corrected chi connectivity index (χ0v) is 14.9. The lowest BCUT2D eigenvalue weighted by atomic mass is 10.1. The van der Waals surface area contributed by atoms with Gasteiger partial charge in [0, 0.05) is 63.9 Å². The summed E-state index contributed by atoms with van der Waals surface area (Å²) in [4.78, 5) is 16.8. The quantitative estimate of drug-likeness (QED) is 0.828. The zero-order chi connectivity index (χ0) is 17.1. The van der Waals surface area contributed by atoms with E-state index in [2.05, 4.69) is 27.8 Å². The van der Waals surface area contributed by atoms with Crippen LogP contribution in [0.25, 0.3) is 0 Å². The molecule has 1 aromatic heterocycles. The standard InChI is InChI=1S/C19H29N3O3/c23-19(20-7-1-2-8-20)15-25-18-13-21-9-3-4-17(21)12-22(14-18)16-5-10-24-11-6-16/h3-4,9,16,18H,1-2,5-8,10-15H2. The molecule has 0 N–H and O–H groups in total. The van der Waals surface area contributed by atoms with Crippen molar-refractivity contribution in [2.24, 2.45) is 0 Å². The lowest BCUT2D eigenvalue weighted by Gasteiger charge is -2.34. The molecule has 1 amide bonds. The highest BCUT2D eigenvalue weighted by atomic mass is 16.5. The van der Waals surface area contributed by atoms with Crippen molar-refractivity contribution in [2.75, 3.05) is 39.5 Å². The topological polar surface area (TPSA) is 46.9 Å². The molecule has 4 heterocycles. The van der Waals surface area contributed by atoms with E-state index in [-0.39, 0.29) is 18.6 Å². The van der Waals surface area contributed by atoms with E-state index in [0.29, 0.717) is 6.04 Å². The Kier molecular flexibility index (Phi) is 5.39. The molecule has 2 fully saturated rings. The fourth-order valence-corrected chi connectivity index (χ4v) is 4.26. The van der Waals surface area contributed by atoms with Gasteiger partial charge in [-0.05, 0) is 37.8 Å². The Morgan fingerprint density at radius 1 is 1.20 bits per heavy atom. The molecule has 0 spiro atoms. The molecule has 3 aliphatic heterocycles. The molecule has 0 aliphatic carbocycles. The van der Waals surface area contributed by atoms with Crippen LogP contribution in [0.5, 0.6) is 0 Å². The van der Waals surface area contributed by atoms with E-state index in [1.54, 1.807) is 0 Å². The molecule has 0 saturated carbocycles. The van der Waals surface area contributed by atoms with Gasteiger partial charge in [0.1, 0.15) is 6.61 Å². The van der Waals surface area contributed by atoms with E-state index >= 15 is 0 Å². The monoisotopic (exact) mass is 347 g/mol. The van der Waals surface area contributed by atoms with Crippen molar-refractivity contribution in [3.05, 3.63) is 24.0 Å². The average Bonchev–Trinajstić information content (AvgIpc) is 3.29. The van der Waals surface area contributed by atoms with Crippen LogP contribution in [-0.2, 0) is 27.4 Å². The molecule has 25 heavy (non-hydrogen) atoms. The average molecular weight is 347 g/mol. The number of carbonyl (C=O) groups is 1. The molecule has 0 bridgehead atoms. The van der Waals surface area contributed by atoms with Crippen molar-refractivity contribution < 1.29 is 14.3 Å². The van der Waals surface area contributed by atoms with Gasteiger partial charge in [0.05, 0.1) is 6.10 Å². The Labute approximate surface area is 149 Å². The SMILES string of the molecule is O=C(COC1CN(C2CCOCC2)Cc2cccn2C1)N1CCCC1. The predicted octanol–water partition coefficient (Wildman–Crippen LogP) is 1.49. The zero-order valence-electron chi connectivity index (χ0n) is 14.9. The molecule has 3 aliphatic rings. The number of amides is 1.